The van der Waals surface area contributed by atoms with Gasteiger partial charge in [0.25, 0.3) is 0 Å². The third-order valence-electron chi connectivity index (χ3n) is 3.71. The molecule has 22 heavy (non-hydrogen) atoms. The Balaban J connectivity index is 2.23. The maximum Gasteiger partial charge on any atom is 0.243 e. The third kappa shape index (κ3) is 3.97. The molecule has 1 aliphatic rings. The van der Waals surface area contributed by atoms with Gasteiger partial charge in [-0.15, -0.1) is 0 Å². The van der Waals surface area contributed by atoms with Gasteiger partial charge in [0.2, 0.25) is 10.0 Å². The van der Waals surface area contributed by atoms with E-state index in [-0.39, 0.29) is 0 Å². The number of thiocarbonyl (C=S) groups is 1. The second-order valence-electron chi connectivity index (χ2n) is 5.44. The normalized spacial score (nSPS) is 14.9. The highest BCUT2D eigenvalue weighted by Gasteiger charge is 2.24. The molecule has 0 heterocycles. The Morgan fingerprint density at radius 3 is 2.50 bits per heavy atom. The maximum atomic E-state index is 12.6. The molecule has 2 N–H and O–H groups in total. The predicted octanol–water partition coefficient (Wildman–Crippen LogP) is 2.47. The Morgan fingerprint density at radius 2 is 1.95 bits per heavy atom. The summed E-state index contributed by atoms with van der Waals surface area (Å²) in [4.78, 5) is 0.290. The van der Waals surface area contributed by atoms with Crippen LogP contribution >= 0.6 is 12.2 Å². The Hall–Kier alpha value is -1.18. The van der Waals surface area contributed by atoms with Crippen molar-refractivity contribution in [1.82, 2.24) is 9.62 Å². The van der Waals surface area contributed by atoms with Crippen LogP contribution in [0.1, 0.15) is 32.3 Å². The first-order valence-electron chi connectivity index (χ1n) is 7.56. The van der Waals surface area contributed by atoms with E-state index in [4.69, 9.17) is 12.2 Å². The molecule has 0 radical (unpaired) electrons. The average molecular weight is 342 g/mol. The minimum Gasteiger partial charge on any atom is -0.360 e. The molecule has 122 valence electrons. The molecule has 1 aromatic carbocycles. The third-order valence-corrected chi connectivity index (χ3v) is 5.98. The van der Waals surface area contributed by atoms with Gasteiger partial charge in [-0.3, -0.25) is 0 Å². The van der Waals surface area contributed by atoms with E-state index in [1.54, 1.807) is 18.2 Å². The van der Waals surface area contributed by atoms with Crippen molar-refractivity contribution in [1.29, 1.82) is 0 Å². The van der Waals surface area contributed by atoms with Crippen LogP contribution in [0.2, 0.25) is 0 Å². The lowest BCUT2D eigenvalue weighted by Crippen LogP contribution is -2.31. The van der Waals surface area contributed by atoms with Crippen LogP contribution in [-0.4, -0.2) is 37.0 Å². The van der Waals surface area contributed by atoms with Crippen molar-refractivity contribution in [3.8, 4) is 0 Å². The second kappa shape index (κ2) is 6.93. The van der Waals surface area contributed by atoms with E-state index in [0.29, 0.717) is 29.1 Å². The smallest absolute Gasteiger partial charge is 0.243 e. The number of nitrogens with one attached hydrogen (secondary N) is 2. The molecular formula is C15H23N3O2S2. The molecule has 0 bridgehead atoms. The quantitative estimate of drug-likeness (QED) is 0.779. The van der Waals surface area contributed by atoms with Gasteiger partial charge in [-0.05, 0) is 49.7 Å². The first kappa shape index (κ1) is 17.2. The van der Waals surface area contributed by atoms with Crippen molar-refractivity contribution >= 4 is 33.0 Å². The van der Waals surface area contributed by atoms with E-state index in [1.165, 1.54) is 4.31 Å². The predicted molar refractivity (Wildman–Crippen MR) is 93.7 cm³/mol. The molecule has 7 heteroatoms. The van der Waals surface area contributed by atoms with Crippen LogP contribution < -0.4 is 10.6 Å². The molecule has 0 aromatic heterocycles. The van der Waals surface area contributed by atoms with Gasteiger partial charge in [0, 0.05) is 24.8 Å². The van der Waals surface area contributed by atoms with Gasteiger partial charge < -0.3 is 10.6 Å². The average Bonchev–Trinajstić information content (AvgIpc) is 3.26. The van der Waals surface area contributed by atoms with Crippen LogP contribution in [0.5, 0.6) is 0 Å². The summed E-state index contributed by atoms with van der Waals surface area (Å²) in [5.74, 6) is 0. The van der Waals surface area contributed by atoms with Gasteiger partial charge in [0.1, 0.15) is 0 Å². The SMILES string of the molecule is CCN(CC)S(=O)(=O)c1ccc(C)c(NC(=S)NC2CC2)c1. The highest BCUT2D eigenvalue weighted by Crippen LogP contribution is 2.24. The number of benzene rings is 1. The molecule has 1 fully saturated rings. The van der Waals surface area contributed by atoms with Gasteiger partial charge in [-0.25, -0.2) is 8.42 Å². The first-order chi connectivity index (χ1) is 10.4. The molecule has 1 aliphatic carbocycles. The topological polar surface area (TPSA) is 61.4 Å². The standard InChI is InChI=1S/C15H23N3O2S2/c1-4-18(5-2)22(19,20)13-9-6-11(3)14(10-13)17-15(21)16-12-7-8-12/h6,9-10,12H,4-5,7-8H2,1-3H3,(H2,16,17,21). The van der Waals surface area contributed by atoms with Gasteiger partial charge in [-0.2, -0.15) is 4.31 Å². The van der Waals surface area contributed by atoms with Crippen molar-refractivity contribution in [3.05, 3.63) is 23.8 Å². The summed E-state index contributed by atoms with van der Waals surface area (Å²) in [6.07, 6.45) is 2.27. The van der Waals surface area contributed by atoms with Crippen LogP contribution in [0.4, 0.5) is 5.69 Å². The maximum absolute atomic E-state index is 12.6. The van der Waals surface area contributed by atoms with Crippen LogP contribution in [0.3, 0.4) is 0 Å². The number of anilines is 1. The number of hydrogen-bond acceptors (Lipinski definition) is 3. The minimum atomic E-state index is -3.46. The molecular weight excluding hydrogens is 318 g/mol. The Morgan fingerprint density at radius 1 is 1.32 bits per heavy atom. The van der Waals surface area contributed by atoms with Crippen LogP contribution in [0.25, 0.3) is 0 Å². The summed E-state index contributed by atoms with van der Waals surface area (Å²) in [5, 5.41) is 6.84. The van der Waals surface area contributed by atoms with Gasteiger partial charge in [-0.1, -0.05) is 19.9 Å². The van der Waals surface area contributed by atoms with Gasteiger partial charge in [0.05, 0.1) is 4.90 Å². The van der Waals surface area contributed by atoms with Gasteiger partial charge >= 0.3 is 0 Å². The van der Waals surface area contributed by atoms with E-state index >= 15 is 0 Å². The molecule has 1 saturated carbocycles. The number of aryl methyl sites for hydroxylation is 1. The fourth-order valence-corrected chi connectivity index (χ4v) is 3.94. The summed E-state index contributed by atoms with van der Waals surface area (Å²) in [5.41, 5.74) is 1.69. The fraction of sp³-hybridized carbons (Fsp3) is 0.533. The molecule has 1 aromatic rings. The van der Waals surface area contributed by atoms with Crippen molar-refractivity contribution in [2.75, 3.05) is 18.4 Å². The van der Waals surface area contributed by atoms with E-state index in [1.807, 2.05) is 20.8 Å². The molecule has 0 atom stereocenters. The molecule has 0 saturated heterocycles. The van der Waals surface area contributed by atoms with Crippen molar-refractivity contribution in [2.45, 2.75) is 44.6 Å². The summed E-state index contributed by atoms with van der Waals surface area (Å²) in [7, 11) is -3.46. The second-order valence-corrected chi connectivity index (χ2v) is 7.78. The highest BCUT2D eigenvalue weighted by molar-refractivity contribution is 7.89. The first-order valence-corrected chi connectivity index (χ1v) is 9.41. The number of sulfonamides is 1. The van der Waals surface area contributed by atoms with E-state index < -0.39 is 10.0 Å². The monoisotopic (exact) mass is 341 g/mol. The fourth-order valence-electron chi connectivity index (χ4n) is 2.18. The molecule has 5 nitrogen and oxygen atoms in total. The zero-order chi connectivity index (χ0) is 16.3. The van der Waals surface area contributed by atoms with E-state index in [2.05, 4.69) is 10.6 Å². The number of hydrogen-bond donors (Lipinski definition) is 2. The summed E-state index contributed by atoms with van der Waals surface area (Å²) < 4.78 is 26.6. The van der Waals surface area contributed by atoms with Crippen LogP contribution in [0.15, 0.2) is 23.1 Å². The van der Waals surface area contributed by atoms with Crippen molar-refractivity contribution < 1.29 is 8.42 Å². The molecule has 0 amide bonds. The number of nitrogens with zero attached hydrogens (tertiary/aromatic N) is 1. The highest BCUT2D eigenvalue weighted by atomic mass is 32.2. The van der Waals surface area contributed by atoms with E-state index in [9.17, 15) is 8.42 Å². The summed E-state index contributed by atoms with van der Waals surface area (Å²) in [6, 6.07) is 5.57. The Bertz CT molecular complexity index is 651. The summed E-state index contributed by atoms with van der Waals surface area (Å²) in [6.45, 7) is 6.51. The Labute approximate surface area is 138 Å². The zero-order valence-corrected chi connectivity index (χ0v) is 14.9. The van der Waals surface area contributed by atoms with E-state index in [0.717, 1.165) is 24.1 Å². The molecule has 2 rings (SSSR count). The van der Waals surface area contributed by atoms with Crippen LogP contribution in [-0.2, 0) is 10.0 Å². The lowest BCUT2D eigenvalue weighted by atomic mass is 10.2. The largest absolute Gasteiger partial charge is 0.360 e. The van der Waals surface area contributed by atoms with Crippen molar-refractivity contribution in [2.24, 2.45) is 0 Å². The van der Waals surface area contributed by atoms with Crippen LogP contribution in [0, 0.1) is 6.92 Å². The minimum absolute atomic E-state index is 0.290. The molecule has 0 spiro atoms. The lowest BCUT2D eigenvalue weighted by molar-refractivity contribution is 0.445. The van der Waals surface area contributed by atoms with Crippen molar-refractivity contribution in [3.63, 3.8) is 0 Å². The summed E-state index contributed by atoms with van der Waals surface area (Å²) >= 11 is 5.26. The molecule has 0 unspecified atom stereocenters. The zero-order valence-electron chi connectivity index (χ0n) is 13.2. The molecule has 0 aliphatic heterocycles. The van der Waals surface area contributed by atoms with Gasteiger partial charge in [0.15, 0.2) is 5.11 Å². The lowest BCUT2D eigenvalue weighted by Gasteiger charge is -2.20. The number of rotatable bonds is 6. The Kier molecular flexibility index (Phi) is 5.41.